The van der Waals surface area contributed by atoms with Crippen LogP contribution in [0.2, 0.25) is 0 Å². The Bertz CT molecular complexity index is 730. The van der Waals surface area contributed by atoms with E-state index in [-0.39, 0.29) is 24.4 Å². The molecule has 3 rings (SSSR count). The summed E-state index contributed by atoms with van der Waals surface area (Å²) in [6.45, 7) is 2.14. The Morgan fingerprint density at radius 2 is 1.96 bits per heavy atom. The van der Waals surface area contributed by atoms with Crippen LogP contribution in [0.3, 0.4) is 0 Å². The Kier molecular flexibility index (Phi) is 4.32. The van der Waals surface area contributed by atoms with Gasteiger partial charge in [-0.2, -0.15) is 0 Å². The zero-order valence-electron chi connectivity index (χ0n) is 13.2. The second kappa shape index (κ2) is 6.40. The average Bonchev–Trinajstić information content (AvgIpc) is 2.84. The normalized spacial score (nSPS) is 21.3. The molecular formula is C17H21N3O3. The van der Waals surface area contributed by atoms with E-state index in [4.69, 9.17) is 5.11 Å². The van der Waals surface area contributed by atoms with Gasteiger partial charge in [-0.3, -0.25) is 9.59 Å². The van der Waals surface area contributed by atoms with Crippen molar-refractivity contribution in [1.82, 2.24) is 14.9 Å². The summed E-state index contributed by atoms with van der Waals surface area (Å²) in [5, 5.41) is 12.0. The number of aliphatic carboxylic acids is 1. The maximum Gasteiger partial charge on any atom is 0.306 e. The van der Waals surface area contributed by atoms with Gasteiger partial charge in [0.2, 0.25) is 5.91 Å². The standard InChI is InChI=1S/C17H21N3O3/c1-11-18-14-4-2-3-5-15(14)20(11)10-16(21)19-13-8-6-12(7-9-13)17(22)23/h2-5,12-13H,6-10H2,1H3,(H,19,21)(H,22,23). The number of benzene rings is 1. The Morgan fingerprint density at radius 3 is 2.65 bits per heavy atom. The van der Waals surface area contributed by atoms with Crippen LogP contribution in [0.5, 0.6) is 0 Å². The van der Waals surface area contributed by atoms with Gasteiger partial charge in [0.15, 0.2) is 0 Å². The van der Waals surface area contributed by atoms with Crippen LogP contribution in [-0.4, -0.2) is 32.6 Å². The number of aryl methyl sites for hydroxylation is 1. The summed E-state index contributed by atoms with van der Waals surface area (Å²) in [5.41, 5.74) is 1.84. The van der Waals surface area contributed by atoms with E-state index < -0.39 is 5.97 Å². The molecule has 0 unspecified atom stereocenters. The van der Waals surface area contributed by atoms with E-state index >= 15 is 0 Å². The van der Waals surface area contributed by atoms with E-state index in [0.29, 0.717) is 12.8 Å². The number of hydrogen-bond donors (Lipinski definition) is 2. The number of carboxylic acid groups (broad SMARTS) is 1. The van der Waals surface area contributed by atoms with Crippen molar-refractivity contribution in [2.45, 2.75) is 45.2 Å². The third kappa shape index (κ3) is 3.36. The number of carbonyl (C=O) groups excluding carboxylic acids is 1. The predicted octanol–water partition coefficient (Wildman–Crippen LogP) is 2.10. The second-order valence-corrected chi connectivity index (χ2v) is 6.19. The highest BCUT2D eigenvalue weighted by molar-refractivity contribution is 5.81. The van der Waals surface area contributed by atoms with Crippen LogP contribution in [0.1, 0.15) is 31.5 Å². The third-order valence-corrected chi connectivity index (χ3v) is 4.59. The van der Waals surface area contributed by atoms with E-state index in [1.807, 2.05) is 35.8 Å². The van der Waals surface area contributed by atoms with Gasteiger partial charge in [-0.1, -0.05) is 12.1 Å². The SMILES string of the molecule is Cc1nc2ccccc2n1CC(=O)NC1CCC(C(=O)O)CC1. The lowest BCUT2D eigenvalue weighted by Crippen LogP contribution is -2.40. The van der Waals surface area contributed by atoms with Gasteiger partial charge in [0, 0.05) is 6.04 Å². The van der Waals surface area contributed by atoms with E-state index in [1.54, 1.807) is 0 Å². The molecule has 1 aliphatic carbocycles. The van der Waals surface area contributed by atoms with Gasteiger partial charge in [0.25, 0.3) is 0 Å². The zero-order valence-corrected chi connectivity index (χ0v) is 13.2. The first-order chi connectivity index (χ1) is 11.0. The quantitative estimate of drug-likeness (QED) is 0.905. The molecule has 0 atom stereocenters. The zero-order chi connectivity index (χ0) is 16.4. The van der Waals surface area contributed by atoms with Crippen molar-refractivity contribution in [1.29, 1.82) is 0 Å². The summed E-state index contributed by atoms with van der Waals surface area (Å²) < 4.78 is 1.91. The van der Waals surface area contributed by atoms with Crippen molar-refractivity contribution in [3.05, 3.63) is 30.1 Å². The monoisotopic (exact) mass is 315 g/mol. The number of carboxylic acids is 1. The topological polar surface area (TPSA) is 84.2 Å². The molecule has 0 aliphatic heterocycles. The van der Waals surface area contributed by atoms with Gasteiger partial charge in [0.1, 0.15) is 12.4 Å². The van der Waals surface area contributed by atoms with Crippen molar-refractivity contribution in [2.24, 2.45) is 5.92 Å². The van der Waals surface area contributed by atoms with Gasteiger partial charge in [-0.25, -0.2) is 4.98 Å². The van der Waals surface area contributed by atoms with Gasteiger partial charge in [0.05, 0.1) is 17.0 Å². The molecule has 1 fully saturated rings. The number of imidazole rings is 1. The van der Waals surface area contributed by atoms with Crippen LogP contribution in [0, 0.1) is 12.8 Å². The lowest BCUT2D eigenvalue weighted by molar-refractivity contribution is -0.142. The summed E-state index contributed by atoms with van der Waals surface area (Å²) in [5.74, 6) is -0.218. The summed E-state index contributed by atoms with van der Waals surface area (Å²) in [6.07, 6.45) is 2.72. The van der Waals surface area contributed by atoms with Gasteiger partial charge < -0.3 is 15.0 Å². The van der Waals surface area contributed by atoms with Gasteiger partial charge in [-0.15, -0.1) is 0 Å². The maximum atomic E-state index is 12.3. The molecule has 0 spiro atoms. The summed E-state index contributed by atoms with van der Waals surface area (Å²) in [6, 6.07) is 7.84. The van der Waals surface area contributed by atoms with E-state index in [0.717, 1.165) is 29.7 Å². The minimum Gasteiger partial charge on any atom is -0.481 e. The van der Waals surface area contributed by atoms with E-state index in [9.17, 15) is 9.59 Å². The molecule has 6 nitrogen and oxygen atoms in total. The summed E-state index contributed by atoms with van der Waals surface area (Å²) in [7, 11) is 0. The first-order valence-electron chi connectivity index (χ1n) is 7.98. The largest absolute Gasteiger partial charge is 0.481 e. The van der Waals surface area contributed by atoms with Crippen molar-refractivity contribution < 1.29 is 14.7 Å². The van der Waals surface area contributed by atoms with Crippen molar-refractivity contribution in [3.63, 3.8) is 0 Å². The first-order valence-corrected chi connectivity index (χ1v) is 7.98. The molecule has 1 aliphatic rings. The van der Waals surface area contributed by atoms with Crippen LogP contribution in [0.25, 0.3) is 11.0 Å². The molecule has 1 amide bonds. The lowest BCUT2D eigenvalue weighted by atomic mass is 9.86. The van der Waals surface area contributed by atoms with Crippen molar-refractivity contribution >= 4 is 22.9 Å². The number of aromatic nitrogens is 2. The van der Waals surface area contributed by atoms with Crippen LogP contribution in [0.4, 0.5) is 0 Å². The second-order valence-electron chi connectivity index (χ2n) is 6.19. The maximum absolute atomic E-state index is 12.3. The van der Waals surface area contributed by atoms with E-state index in [1.165, 1.54) is 0 Å². The number of rotatable bonds is 4. The van der Waals surface area contributed by atoms with E-state index in [2.05, 4.69) is 10.3 Å². The molecule has 1 aromatic carbocycles. The Morgan fingerprint density at radius 1 is 1.26 bits per heavy atom. The Labute approximate surface area is 134 Å². The lowest BCUT2D eigenvalue weighted by Gasteiger charge is -2.27. The third-order valence-electron chi connectivity index (χ3n) is 4.59. The fraction of sp³-hybridized carbons (Fsp3) is 0.471. The van der Waals surface area contributed by atoms with Crippen LogP contribution in [-0.2, 0) is 16.1 Å². The Balaban J connectivity index is 1.61. The number of hydrogen-bond acceptors (Lipinski definition) is 3. The molecule has 122 valence electrons. The van der Waals surface area contributed by atoms with Crippen LogP contribution < -0.4 is 5.32 Å². The molecule has 23 heavy (non-hydrogen) atoms. The molecule has 0 saturated heterocycles. The molecule has 0 radical (unpaired) electrons. The number of nitrogens with zero attached hydrogens (tertiary/aromatic N) is 2. The minimum absolute atomic E-state index is 0.0463. The fourth-order valence-corrected chi connectivity index (χ4v) is 3.30. The Hall–Kier alpha value is -2.37. The molecule has 6 heteroatoms. The predicted molar refractivity (Wildman–Crippen MR) is 86.0 cm³/mol. The van der Waals surface area contributed by atoms with Crippen molar-refractivity contribution in [2.75, 3.05) is 0 Å². The molecule has 2 aromatic rings. The molecule has 1 heterocycles. The number of nitrogens with one attached hydrogen (secondary N) is 1. The number of fused-ring (bicyclic) bond motifs is 1. The summed E-state index contributed by atoms with van der Waals surface area (Å²) in [4.78, 5) is 27.7. The number of para-hydroxylation sites is 2. The van der Waals surface area contributed by atoms with Gasteiger partial charge >= 0.3 is 5.97 Å². The highest BCUT2D eigenvalue weighted by atomic mass is 16.4. The molecule has 2 N–H and O–H groups in total. The molecule has 0 bridgehead atoms. The highest BCUT2D eigenvalue weighted by Crippen LogP contribution is 2.24. The fourth-order valence-electron chi connectivity index (χ4n) is 3.30. The number of carbonyl (C=O) groups is 2. The highest BCUT2D eigenvalue weighted by Gasteiger charge is 2.26. The minimum atomic E-state index is -0.727. The molecule has 1 saturated carbocycles. The molecular weight excluding hydrogens is 294 g/mol. The molecule has 1 aromatic heterocycles. The summed E-state index contributed by atoms with van der Waals surface area (Å²) >= 11 is 0. The van der Waals surface area contributed by atoms with Gasteiger partial charge in [-0.05, 0) is 44.7 Å². The van der Waals surface area contributed by atoms with Crippen LogP contribution in [0.15, 0.2) is 24.3 Å². The van der Waals surface area contributed by atoms with Crippen molar-refractivity contribution in [3.8, 4) is 0 Å². The van der Waals surface area contributed by atoms with Crippen LogP contribution >= 0.6 is 0 Å². The smallest absolute Gasteiger partial charge is 0.306 e. The first kappa shape index (κ1) is 15.5. The average molecular weight is 315 g/mol. The number of amides is 1.